The summed E-state index contributed by atoms with van der Waals surface area (Å²) in [5.41, 5.74) is -0.450. The number of carbonyl (C=O) groups is 1. The molecule has 0 spiro atoms. The minimum Gasteiger partial charge on any atom is -0.497 e. The van der Waals surface area contributed by atoms with Crippen molar-refractivity contribution >= 4 is 21.7 Å². The molecule has 82 valence electrons. The number of alkyl halides is 3. The van der Waals surface area contributed by atoms with Crippen LogP contribution >= 0.6 is 15.9 Å². The quantitative estimate of drug-likeness (QED) is 0.629. The number of Topliss-reactive ketones (excluding diaryl/α,β-unsaturated/α-hetero) is 1. The third-order valence-electron chi connectivity index (χ3n) is 1.63. The summed E-state index contributed by atoms with van der Waals surface area (Å²) in [6.07, 6.45) is 0. The van der Waals surface area contributed by atoms with Gasteiger partial charge in [-0.05, 0) is 28.1 Å². The second-order valence-electron chi connectivity index (χ2n) is 2.71. The maximum absolute atomic E-state index is 12.9. The van der Waals surface area contributed by atoms with E-state index in [1.54, 1.807) is 0 Å². The predicted molar refractivity (Wildman–Crippen MR) is 51.2 cm³/mol. The zero-order valence-electron chi connectivity index (χ0n) is 7.56. The van der Waals surface area contributed by atoms with Crippen molar-refractivity contribution in [2.24, 2.45) is 0 Å². The molecule has 0 aliphatic heterocycles. The van der Waals surface area contributed by atoms with Crippen LogP contribution in [0.4, 0.5) is 13.2 Å². The van der Waals surface area contributed by atoms with Gasteiger partial charge < -0.3 is 4.74 Å². The SMILES string of the molecule is COc1cc(F)cc(C(=O)C(F)(F)Br)c1. The molecule has 6 heteroatoms. The first-order valence-corrected chi connectivity index (χ1v) is 4.60. The van der Waals surface area contributed by atoms with Crippen LogP contribution in [0.15, 0.2) is 18.2 Å². The highest BCUT2D eigenvalue weighted by Gasteiger charge is 2.36. The number of ether oxygens (including phenoxy) is 1. The topological polar surface area (TPSA) is 26.3 Å². The summed E-state index contributed by atoms with van der Waals surface area (Å²) < 4.78 is 42.7. The fourth-order valence-corrected chi connectivity index (χ4v) is 1.20. The molecule has 0 aliphatic carbocycles. The number of halogens is 4. The van der Waals surface area contributed by atoms with Gasteiger partial charge in [0.05, 0.1) is 7.11 Å². The van der Waals surface area contributed by atoms with Crippen LogP contribution in [0.1, 0.15) is 10.4 Å². The molecule has 0 saturated carbocycles. The number of methoxy groups -OCH3 is 1. The fraction of sp³-hybridized carbons (Fsp3) is 0.222. The molecule has 0 bridgehead atoms. The van der Waals surface area contributed by atoms with Gasteiger partial charge in [-0.3, -0.25) is 4.79 Å². The van der Waals surface area contributed by atoms with Gasteiger partial charge in [0.25, 0.3) is 0 Å². The molecule has 0 heterocycles. The van der Waals surface area contributed by atoms with E-state index >= 15 is 0 Å². The third kappa shape index (κ3) is 2.95. The Bertz CT molecular complexity index is 387. The molecule has 15 heavy (non-hydrogen) atoms. The van der Waals surface area contributed by atoms with Gasteiger partial charge in [0.15, 0.2) is 0 Å². The average molecular weight is 283 g/mol. The van der Waals surface area contributed by atoms with E-state index in [9.17, 15) is 18.0 Å². The van der Waals surface area contributed by atoms with Gasteiger partial charge in [-0.1, -0.05) is 0 Å². The fourth-order valence-electron chi connectivity index (χ4n) is 0.975. The minimum atomic E-state index is -3.70. The Morgan fingerprint density at radius 2 is 2.00 bits per heavy atom. The van der Waals surface area contributed by atoms with E-state index in [0.29, 0.717) is 0 Å². The molecule has 0 aliphatic rings. The maximum atomic E-state index is 12.9. The highest BCUT2D eigenvalue weighted by molar-refractivity contribution is 9.10. The molecule has 2 nitrogen and oxygen atoms in total. The summed E-state index contributed by atoms with van der Waals surface area (Å²) in [5, 5.41) is 0. The second-order valence-corrected chi connectivity index (χ2v) is 3.70. The van der Waals surface area contributed by atoms with Gasteiger partial charge in [-0.2, -0.15) is 8.78 Å². The number of hydrogen-bond acceptors (Lipinski definition) is 2. The molecule has 0 unspecified atom stereocenters. The van der Waals surface area contributed by atoms with E-state index in [4.69, 9.17) is 0 Å². The van der Waals surface area contributed by atoms with E-state index in [2.05, 4.69) is 4.74 Å². The van der Waals surface area contributed by atoms with E-state index in [1.807, 2.05) is 15.9 Å². The van der Waals surface area contributed by atoms with Crippen molar-refractivity contribution in [2.45, 2.75) is 4.83 Å². The van der Waals surface area contributed by atoms with Gasteiger partial charge >= 0.3 is 4.83 Å². The van der Waals surface area contributed by atoms with E-state index in [1.165, 1.54) is 7.11 Å². The first-order chi connectivity index (χ1) is 6.84. The summed E-state index contributed by atoms with van der Waals surface area (Å²) in [4.78, 5) is 7.36. The Morgan fingerprint density at radius 3 is 2.47 bits per heavy atom. The first-order valence-electron chi connectivity index (χ1n) is 3.80. The highest BCUT2D eigenvalue weighted by atomic mass is 79.9. The Hall–Kier alpha value is -1.04. The maximum Gasteiger partial charge on any atom is 0.363 e. The van der Waals surface area contributed by atoms with Crippen molar-refractivity contribution in [3.05, 3.63) is 29.6 Å². The molecule has 0 fully saturated rings. The Kier molecular flexibility index (Phi) is 3.38. The van der Waals surface area contributed by atoms with E-state index < -0.39 is 22.0 Å². The first kappa shape index (κ1) is 12.0. The molecule has 1 aromatic carbocycles. The lowest BCUT2D eigenvalue weighted by Gasteiger charge is -2.08. The molecule has 0 saturated heterocycles. The van der Waals surface area contributed by atoms with Crippen LogP contribution < -0.4 is 4.74 Å². The average Bonchev–Trinajstić information content (AvgIpc) is 2.14. The summed E-state index contributed by atoms with van der Waals surface area (Å²) in [6, 6.07) is 2.75. The van der Waals surface area contributed by atoms with Gasteiger partial charge in [-0.25, -0.2) is 4.39 Å². The largest absolute Gasteiger partial charge is 0.497 e. The molecule has 0 N–H and O–H groups in total. The second kappa shape index (κ2) is 4.22. The molecular weight excluding hydrogens is 277 g/mol. The molecule has 1 aromatic rings. The summed E-state index contributed by atoms with van der Waals surface area (Å²) >= 11 is 1.91. The summed E-state index contributed by atoms with van der Waals surface area (Å²) in [5.74, 6) is -2.31. The third-order valence-corrected chi connectivity index (χ3v) is 1.99. The Morgan fingerprint density at radius 1 is 1.40 bits per heavy atom. The van der Waals surface area contributed by atoms with Crippen LogP contribution in [0.2, 0.25) is 0 Å². The monoisotopic (exact) mass is 282 g/mol. The van der Waals surface area contributed by atoms with Crippen molar-refractivity contribution in [3.63, 3.8) is 0 Å². The molecular formula is C9H6BrF3O2. The lowest BCUT2D eigenvalue weighted by atomic mass is 10.1. The number of carbonyl (C=O) groups excluding carboxylic acids is 1. The van der Waals surface area contributed by atoms with Crippen molar-refractivity contribution in [2.75, 3.05) is 7.11 Å². The van der Waals surface area contributed by atoms with Crippen LogP contribution in [0.3, 0.4) is 0 Å². The van der Waals surface area contributed by atoms with E-state index in [-0.39, 0.29) is 5.75 Å². The van der Waals surface area contributed by atoms with Crippen LogP contribution in [-0.2, 0) is 0 Å². The van der Waals surface area contributed by atoms with Crippen LogP contribution in [-0.4, -0.2) is 17.7 Å². The van der Waals surface area contributed by atoms with Gasteiger partial charge in [0, 0.05) is 11.6 Å². The summed E-state index contributed by atoms with van der Waals surface area (Å²) in [7, 11) is 1.25. The van der Waals surface area contributed by atoms with Crippen LogP contribution in [0.5, 0.6) is 5.75 Å². The number of ketones is 1. The smallest absolute Gasteiger partial charge is 0.363 e. The van der Waals surface area contributed by atoms with Crippen molar-refractivity contribution in [1.29, 1.82) is 0 Å². The normalized spacial score (nSPS) is 11.3. The molecule has 0 atom stereocenters. The number of benzene rings is 1. The zero-order chi connectivity index (χ0) is 11.6. The molecule has 0 radical (unpaired) electrons. The minimum absolute atomic E-state index is 0.00935. The number of rotatable bonds is 3. The van der Waals surface area contributed by atoms with Crippen molar-refractivity contribution < 1.29 is 22.7 Å². The van der Waals surface area contributed by atoms with Gasteiger partial charge in [0.2, 0.25) is 5.78 Å². The van der Waals surface area contributed by atoms with Gasteiger partial charge in [-0.15, -0.1) is 0 Å². The zero-order valence-corrected chi connectivity index (χ0v) is 9.15. The number of hydrogen-bond donors (Lipinski definition) is 0. The van der Waals surface area contributed by atoms with Crippen LogP contribution in [0.25, 0.3) is 0 Å². The molecule has 0 amide bonds. The van der Waals surface area contributed by atoms with E-state index in [0.717, 1.165) is 18.2 Å². The Labute approximate surface area is 92.2 Å². The summed E-state index contributed by atoms with van der Waals surface area (Å²) in [6.45, 7) is 0. The lowest BCUT2D eigenvalue weighted by Crippen LogP contribution is -2.20. The lowest BCUT2D eigenvalue weighted by molar-refractivity contribution is 0.0592. The predicted octanol–water partition coefficient (Wildman–Crippen LogP) is 3.00. The van der Waals surface area contributed by atoms with Crippen LogP contribution in [0, 0.1) is 5.82 Å². The Balaban J connectivity index is 3.15. The highest BCUT2D eigenvalue weighted by Crippen LogP contribution is 2.28. The van der Waals surface area contributed by atoms with Gasteiger partial charge in [0.1, 0.15) is 11.6 Å². The molecule has 0 aromatic heterocycles. The standard InChI is InChI=1S/C9H6BrF3O2/c1-15-7-3-5(2-6(11)4-7)8(14)9(10,12)13/h2-4H,1H3. The van der Waals surface area contributed by atoms with Crippen molar-refractivity contribution in [1.82, 2.24) is 0 Å². The molecule has 1 rings (SSSR count). The van der Waals surface area contributed by atoms with Crippen molar-refractivity contribution in [3.8, 4) is 5.75 Å².